The van der Waals surface area contributed by atoms with Crippen LogP contribution in [0.3, 0.4) is 0 Å². The van der Waals surface area contributed by atoms with E-state index in [0.29, 0.717) is 5.65 Å². The zero-order valence-electron chi connectivity index (χ0n) is 6.73. The Balaban J connectivity index is 2.57. The standard InChI is InChI=1S/C9H6N4/c1-2-6-7(10-3-1)4-8-9(13-6)12-5-11-8/h1-5,10H. The fourth-order valence-corrected chi connectivity index (χ4v) is 1.36. The minimum atomic E-state index is 0.701. The van der Waals surface area contributed by atoms with Gasteiger partial charge in [-0.1, -0.05) is 0 Å². The molecule has 0 saturated heterocycles. The highest BCUT2D eigenvalue weighted by molar-refractivity contribution is 5.86. The smallest absolute Gasteiger partial charge is 0.180 e. The van der Waals surface area contributed by atoms with E-state index in [4.69, 9.17) is 0 Å². The summed E-state index contributed by atoms with van der Waals surface area (Å²) in [6.07, 6.45) is 3.39. The van der Waals surface area contributed by atoms with E-state index in [9.17, 15) is 0 Å². The van der Waals surface area contributed by atoms with Crippen LogP contribution in [-0.4, -0.2) is 19.9 Å². The highest BCUT2D eigenvalue weighted by atomic mass is 15.0. The second-order valence-electron chi connectivity index (χ2n) is 2.81. The molecule has 3 rings (SSSR count). The van der Waals surface area contributed by atoms with Crippen LogP contribution in [0.5, 0.6) is 0 Å². The Kier molecular flexibility index (Phi) is 1.14. The van der Waals surface area contributed by atoms with Crippen molar-refractivity contribution in [2.24, 2.45) is 0 Å². The minimum Gasteiger partial charge on any atom is -0.360 e. The fraction of sp³-hybridized carbons (Fsp3) is 0. The highest BCUT2D eigenvalue weighted by Crippen LogP contribution is 2.13. The van der Waals surface area contributed by atoms with Crippen molar-refractivity contribution in [1.29, 1.82) is 0 Å². The molecule has 0 aromatic carbocycles. The van der Waals surface area contributed by atoms with Crippen molar-refractivity contribution in [2.75, 3.05) is 0 Å². The van der Waals surface area contributed by atoms with E-state index < -0.39 is 0 Å². The first-order chi connectivity index (χ1) is 6.43. The van der Waals surface area contributed by atoms with Crippen LogP contribution in [0.2, 0.25) is 0 Å². The Hall–Kier alpha value is -1.97. The van der Waals surface area contributed by atoms with Gasteiger partial charge in [0.25, 0.3) is 0 Å². The number of nitrogens with zero attached hydrogens (tertiary/aromatic N) is 3. The van der Waals surface area contributed by atoms with Gasteiger partial charge < -0.3 is 4.98 Å². The maximum Gasteiger partial charge on any atom is 0.180 e. The van der Waals surface area contributed by atoms with Crippen LogP contribution < -0.4 is 0 Å². The topological polar surface area (TPSA) is 54.5 Å². The molecule has 0 saturated carbocycles. The summed E-state index contributed by atoms with van der Waals surface area (Å²) >= 11 is 0. The quantitative estimate of drug-likeness (QED) is 0.556. The second-order valence-corrected chi connectivity index (χ2v) is 2.81. The molecule has 4 heteroatoms. The predicted octanol–water partition coefficient (Wildman–Crippen LogP) is 1.51. The molecule has 1 N–H and O–H groups in total. The summed E-state index contributed by atoms with van der Waals surface area (Å²) in [5, 5.41) is 0. The molecule has 62 valence electrons. The third-order valence-electron chi connectivity index (χ3n) is 1.98. The van der Waals surface area contributed by atoms with Gasteiger partial charge in [-0.3, -0.25) is 0 Å². The van der Waals surface area contributed by atoms with Crippen molar-refractivity contribution in [3.8, 4) is 0 Å². The number of imidazole rings is 1. The Morgan fingerprint density at radius 1 is 1.15 bits per heavy atom. The predicted molar refractivity (Wildman–Crippen MR) is 49.2 cm³/mol. The van der Waals surface area contributed by atoms with Gasteiger partial charge in [0.2, 0.25) is 0 Å². The maximum atomic E-state index is 4.33. The highest BCUT2D eigenvalue weighted by Gasteiger charge is 2.00. The van der Waals surface area contributed by atoms with Crippen molar-refractivity contribution in [2.45, 2.75) is 0 Å². The molecule has 0 aliphatic rings. The van der Waals surface area contributed by atoms with E-state index in [1.165, 1.54) is 6.33 Å². The SMILES string of the molecule is c1c[nH]c2cc3ncnc3nc2c1. The first kappa shape index (κ1) is 6.54. The van der Waals surface area contributed by atoms with Crippen molar-refractivity contribution in [3.63, 3.8) is 0 Å². The van der Waals surface area contributed by atoms with Gasteiger partial charge in [-0.15, -0.1) is 0 Å². The van der Waals surface area contributed by atoms with Crippen LogP contribution in [0.1, 0.15) is 0 Å². The van der Waals surface area contributed by atoms with E-state index in [1.807, 2.05) is 24.4 Å². The summed E-state index contributed by atoms with van der Waals surface area (Å²) in [5.41, 5.74) is 3.42. The van der Waals surface area contributed by atoms with E-state index >= 15 is 0 Å². The Bertz CT molecular complexity index is 520. The number of rotatable bonds is 0. The van der Waals surface area contributed by atoms with E-state index in [-0.39, 0.29) is 0 Å². The van der Waals surface area contributed by atoms with Crippen LogP contribution in [0, 0.1) is 0 Å². The molecule has 0 aliphatic heterocycles. The second kappa shape index (κ2) is 2.26. The number of H-pyrrole nitrogens is 1. The monoisotopic (exact) mass is 170 g/mol. The lowest BCUT2D eigenvalue weighted by molar-refractivity contribution is 1.31. The third kappa shape index (κ3) is 0.885. The molecule has 4 nitrogen and oxygen atoms in total. The molecular formula is C9H6N4. The Labute approximate surface area is 73.7 Å². The third-order valence-corrected chi connectivity index (χ3v) is 1.98. The summed E-state index contributed by atoms with van der Waals surface area (Å²) in [6, 6.07) is 5.81. The first-order valence-corrected chi connectivity index (χ1v) is 3.98. The molecule has 0 fully saturated rings. The number of hydrogen-bond acceptors (Lipinski definition) is 3. The van der Waals surface area contributed by atoms with Crippen molar-refractivity contribution in [3.05, 3.63) is 30.7 Å². The molecule has 3 aromatic rings. The van der Waals surface area contributed by atoms with E-state index in [0.717, 1.165) is 16.6 Å². The average Bonchev–Trinajstić information content (AvgIpc) is 2.61. The number of hydrogen-bond donors (Lipinski definition) is 1. The zero-order valence-corrected chi connectivity index (χ0v) is 6.73. The molecule has 0 spiro atoms. The van der Waals surface area contributed by atoms with Crippen LogP contribution in [0.15, 0.2) is 30.7 Å². The molecule has 0 atom stereocenters. The molecule has 3 heterocycles. The number of fused-ring (bicyclic) bond motifs is 2. The van der Waals surface area contributed by atoms with Crippen molar-refractivity contribution < 1.29 is 0 Å². The Morgan fingerprint density at radius 2 is 2.15 bits per heavy atom. The molecular weight excluding hydrogens is 164 g/mol. The lowest BCUT2D eigenvalue weighted by Crippen LogP contribution is -1.83. The van der Waals surface area contributed by atoms with Crippen LogP contribution in [-0.2, 0) is 0 Å². The molecule has 0 radical (unpaired) electrons. The van der Waals surface area contributed by atoms with E-state index in [1.54, 1.807) is 0 Å². The van der Waals surface area contributed by atoms with Gasteiger partial charge in [-0.2, -0.15) is 0 Å². The fourth-order valence-electron chi connectivity index (χ4n) is 1.36. The lowest BCUT2D eigenvalue weighted by atomic mass is 10.3. The first-order valence-electron chi connectivity index (χ1n) is 3.98. The average molecular weight is 170 g/mol. The number of aromatic amines is 1. The summed E-state index contributed by atoms with van der Waals surface area (Å²) in [7, 11) is 0. The molecule has 0 amide bonds. The number of aromatic nitrogens is 4. The van der Waals surface area contributed by atoms with Gasteiger partial charge >= 0.3 is 0 Å². The minimum absolute atomic E-state index is 0.701. The molecule has 0 bridgehead atoms. The van der Waals surface area contributed by atoms with Gasteiger partial charge in [-0.25, -0.2) is 15.0 Å². The maximum absolute atomic E-state index is 4.33. The van der Waals surface area contributed by atoms with Crippen molar-refractivity contribution in [1.82, 2.24) is 19.9 Å². The van der Waals surface area contributed by atoms with Gasteiger partial charge in [0.05, 0.1) is 11.0 Å². The summed E-state index contributed by atoms with van der Waals surface area (Å²) in [4.78, 5) is 15.5. The van der Waals surface area contributed by atoms with Gasteiger partial charge in [0, 0.05) is 6.20 Å². The molecule has 13 heavy (non-hydrogen) atoms. The van der Waals surface area contributed by atoms with Crippen LogP contribution in [0.4, 0.5) is 0 Å². The van der Waals surface area contributed by atoms with Gasteiger partial charge in [-0.05, 0) is 18.2 Å². The number of nitrogens with one attached hydrogen (secondary N) is 1. The zero-order chi connectivity index (χ0) is 8.67. The summed E-state index contributed by atoms with van der Waals surface area (Å²) in [5.74, 6) is 0. The molecule has 0 aliphatic carbocycles. The van der Waals surface area contributed by atoms with Gasteiger partial charge in [0.15, 0.2) is 5.65 Å². The summed E-state index contributed by atoms with van der Waals surface area (Å²) in [6.45, 7) is 0. The van der Waals surface area contributed by atoms with E-state index in [2.05, 4.69) is 19.9 Å². The normalized spacial score (nSPS) is 11.1. The van der Waals surface area contributed by atoms with Gasteiger partial charge in [0.1, 0.15) is 11.8 Å². The number of pyridine rings is 2. The lowest BCUT2D eigenvalue weighted by Gasteiger charge is -1.95. The molecule has 3 aromatic heterocycles. The largest absolute Gasteiger partial charge is 0.360 e. The van der Waals surface area contributed by atoms with Crippen LogP contribution in [0.25, 0.3) is 22.2 Å². The molecule has 0 unspecified atom stereocenters. The van der Waals surface area contributed by atoms with Crippen LogP contribution >= 0.6 is 0 Å². The summed E-state index contributed by atoms with van der Waals surface area (Å²) < 4.78 is 0. The Morgan fingerprint density at radius 3 is 3.15 bits per heavy atom. The van der Waals surface area contributed by atoms with Crippen molar-refractivity contribution >= 4 is 22.2 Å².